The van der Waals surface area contributed by atoms with Gasteiger partial charge in [-0.25, -0.2) is 9.97 Å². The van der Waals surface area contributed by atoms with Crippen molar-refractivity contribution in [3.05, 3.63) is 42.7 Å². The molecule has 0 saturated carbocycles. The minimum absolute atomic E-state index is 0.160. The number of rotatable bonds is 2. The number of nitrogens with one attached hydrogen (secondary N) is 1. The third-order valence-corrected chi connectivity index (χ3v) is 2.51. The third kappa shape index (κ3) is 1.46. The summed E-state index contributed by atoms with van der Waals surface area (Å²) in [6.45, 7) is 0. The number of para-hydroxylation sites is 1. The number of primary amides is 1. The first-order valence-corrected chi connectivity index (χ1v) is 5.02. The number of nitrogens with two attached hydrogens (primary N) is 1. The third-order valence-electron chi connectivity index (χ3n) is 2.51. The molecule has 84 valence electrons. The number of carbonyl (C=O) groups is 1. The molecule has 17 heavy (non-hydrogen) atoms. The van der Waals surface area contributed by atoms with Crippen molar-refractivity contribution in [1.82, 2.24) is 19.5 Å². The quantitative estimate of drug-likeness (QED) is 0.680. The van der Waals surface area contributed by atoms with E-state index in [2.05, 4.69) is 15.0 Å². The van der Waals surface area contributed by atoms with Gasteiger partial charge in [0.25, 0.3) is 5.91 Å². The zero-order valence-corrected chi connectivity index (χ0v) is 8.79. The molecular formula is C11H9N5O. The second-order valence-electron chi connectivity index (χ2n) is 3.59. The van der Waals surface area contributed by atoms with Gasteiger partial charge in [-0.3, -0.25) is 4.79 Å². The van der Waals surface area contributed by atoms with Crippen LogP contribution in [0.25, 0.3) is 16.7 Å². The summed E-state index contributed by atoms with van der Waals surface area (Å²) in [5.41, 5.74) is 7.51. The SMILES string of the molecule is NC(=O)c1nc2c(-n3ccnc3)cccc2[nH]1. The summed E-state index contributed by atoms with van der Waals surface area (Å²) in [5.74, 6) is -0.412. The van der Waals surface area contributed by atoms with Crippen LogP contribution in [0.4, 0.5) is 0 Å². The smallest absolute Gasteiger partial charge is 0.284 e. The molecule has 0 aliphatic carbocycles. The molecule has 0 bridgehead atoms. The van der Waals surface area contributed by atoms with Crippen LogP contribution in [0.1, 0.15) is 10.6 Å². The van der Waals surface area contributed by atoms with Crippen LogP contribution >= 0.6 is 0 Å². The van der Waals surface area contributed by atoms with Crippen molar-refractivity contribution < 1.29 is 4.79 Å². The van der Waals surface area contributed by atoms with Crippen molar-refractivity contribution in [2.75, 3.05) is 0 Å². The predicted octanol–water partition coefficient (Wildman–Crippen LogP) is 0.848. The molecule has 6 heteroatoms. The molecule has 0 saturated heterocycles. The minimum Gasteiger partial charge on any atom is -0.363 e. The average Bonchev–Trinajstić information content (AvgIpc) is 2.97. The monoisotopic (exact) mass is 227 g/mol. The fourth-order valence-corrected chi connectivity index (χ4v) is 1.74. The fraction of sp³-hybridized carbons (Fsp3) is 0. The van der Waals surface area contributed by atoms with Gasteiger partial charge in [0.05, 0.1) is 17.5 Å². The maximum atomic E-state index is 11.1. The van der Waals surface area contributed by atoms with E-state index in [4.69, 9.17) is 5.73 Å². The van der Waals surface area contributed by atoms with Crippen molar-refractivity contribution >= 4 is 16.9 Å². The summed E-state index contributed by atoms with van der Waals surface area (Å²) in [6, 6.07) is 5.62. The van der Waals surface area contributed by atoms with Gasteiger partial charge in [-0.1, -0.05) is 6.07 Å². The van der Waals surface area contributed by atoms with Crippen LogP contribution in [0.3, 0.4) is 0 Å². The van der Waals surface area contributed by atoms with E-state index in [1.807, 2.05) is 29.0 Å². The average molecular weight is 227 g/mol. The summed E-state index contributed by atoms with van der Waals surface area (Å²) >= 11 is 0. The fourth-order valence-electron chi connectivity index (χ4n) is 1.74. The molecule has 2 heterocycles. The number of carbonyl (C=O) groups excluding carboxylic acids is 1. The van der Waals surface area contributed by atoms with E-state index in [0.717, 1.165) is 11.2 Å². The maximum absolute atomic E-state index is 11.1. The second kappa shape index (κ2) is 3.44. The molecule has 2 aromatic heterocycles. The van der Waals surface area contributed by atoms with Crippen molar-refractivity contribution in [3.8, 4) is 5.69 Å². The number of hydrogen-bond acceptors (Lipinski definition) is 3. The number of H-pyrrole nitrogens is 1. The molecule has 0 spiro atoms. The highest BCUT2D eigenvalue weighted by molar-refractivity contribution is 5.94. The van der Waals surface area contributed by atoms with Crippen LogP contribution < -0.4 is 5.73 Å². The second-order valence-corrected chi connectivity index (χ2v) is 3.59. The lowest BCUT2D eigenvalue weighted by atomic mass is 10.2. The van der Waals surface area contributed by atoms with Crippen LogP contribution in [0.15, 0.2) is 36.9 Å². The maximum Gasteiger partial charge on any atom is 0.284 e. The van der Waals surface area contributed by atoms with E-state index in [9.17, 15) is 4.79 Å². The topological polar surface area (TPSA) is 89.6 Å². The van der Waals surface area contributed by atoms with Crippen LogP contribution in [-0.4, -0.2) is 25.4 Å². The van der Waals surface area contributed by atoms with Gasteiger partial charge in [-0.05, 0) is 12.1 Å². The highest BCUT2D eigenvalue weighted by atomic mass is 16.1. The van der Waals surface area contributed by atoms with E-state index >= 15 is 0 Å². The first kappa shape index (κ1) is 9.59. The number of amides is 1. The van der Waals surface area contributed by atoms with Gasteiger partial charge in [0.1, 0.15) is 5.52 Å². The Morgan fingerprint density at radius 1 is 1.41 bits per heavy atom. The lowest BCUT2D eigenvalue weighted by Gasteiger charge is -2.01. The Bertz CT molecular complexity index is 683. The number of fused-ring (bicyclic) bond motifs is 1. The first-order valence-electron chi connectivity index (χ1n) is 5.02. The van der Waals surface area contributed by atoms with Crippen molar-refractivity contribution in [1.29, 1.82) is 0 Å². The van der Waals surface area contributed by atoms with Crippen LogP contribution in [0.5, 0.6) is 0 Å². The zero-order chi connectivity index (χ0) is 11.8. The van der Waals surface area contributed by atoms with Crippen LogP contribution in [0.2, 0.25) is 0 Å². The Kier molecular flexibility index (Phi) is 1.94. The molecule has 3 rings (SSSR count). The molecule has 0 atom stereocenters. The van der Waals surface area contributed by atoms with E-state index in [-0.39, 0.29) is 5.82 Å². The van der Waals surface area contributed by atoms with Gasteiger partial charge in [-0.2, -0.15) is 0 Å². The molecule has 0 aliphatic rings. The summed E-state index contributed by atoms with van der Waals surface area (Å²) in [7, 11) is 0. The largest absolute Gasteiger partial charge is 0.363 e. The highest BCUT2D eigenvalue weighted by Gasteiger charge is 2.11. The molecule has 3 aromatic rings. The molecule has 1 aromatic carbocycles. The predicted molar refractivity (Wildman–Crippen MR) is 61.7 cm³/mol. The van der Waals surface area contributed by atoms with Gasteiger partial charge < -0.3 is 15.3 Å². The molecule has 3 N–H and O–H groups in total. The van der Waals surface area contributed by atoms with E-state index in [0.29, 0.717) is 5.52 Å². The molecule has 6 nitrogen and oxygen atoms in total. The molecular weight excluding hydrogens is 218 g/mol. The van der Waals surface area contributed by atoms with E-state index in [1.54, 1.807) is 12.5 Å². The van der Waals surface area contributed by atoms with Crippen LogP contribution in [0, 0.1) is 0 Å². The van der Waals surface area contributed by atoms with Gasteiger partial charge in [-0.15, -0.1) is 0 Å². The Balaban J connectivity index is 2.29. The molecule has 0 unspecified atom stereocenters. The van der Waals surface area contributed by atoms with E-state index < -0.39 is 5.91 Å². The normalized spacial score (nSPS) is 10.8. The Morgan fingerprint density at radius 3 is 3.00 bits per heavy atom. The molecule has 1 amide bonds. The summed E-state index contributed by atoms with van der Waals surface area (Å²) in [5, 5.41) is 0. The highest BCUT2D eigenvalue weighted by Crippen LogP contribution is 2.19. The van der Waals surface area contributed by atoms with Gasteiger partial charge in [0.15, 0.2) is 5.82 Å². The van der Waals surface area contributed by atoms with Gasteiger partial charge in [0.2, 0.25) is 0 Å². The zero-order valence-electron chi connectivity index (χ0n) is 8.79. The number of aromatic nitrogens is 4. The van der Waals surface area contributed by atoms with Crippen molar-refractivity contribution in [3.63, 3.8) is 0 Å². The number of imidazole rings is 2. The summed E-state index contributed by atoms with van der Waals surface area (Å²) in [4.78, 5) is 22.1. The van der Waals surface area contributed by atoms with Crippen LogP contribution in [-0.2, 0) is 0 Å². The standard InChI is InChI=1S/C11H9N5O/c12-10(17)11-14-7-2-1-3-8(9(7)15-11)16-5-4-13-6-16/h1-6H,(H2,12,17)(H,14,15). The Morgan fingerprint density at radius 2 is 2.29 bits per heavy atom. The minimum atomic E-state index is -0.571. The summed E-state index contributed by atoms with van der Waals surface area (Å²) in [6.07, 6.45) is 5.17. The summed E-state index contributed by atoms with van der Waals surface area (Å²) < 4.78 is 1.83. The number of benzene rings is 1. The first-order chi connectivity index (χ1) is 8.25. The number of aromatic amines is 1. The molecule has 0 aliphatic heterocycles. The number of nitrogens with zero attached hydrogens (tertiary/aromatic N) is 3. The van der Waals surface area contributed by atoms with Gasteiger partial charge in [0, 0.05) is 12.4 Å². The Labute approximate surface area is 96.1 Å². The van der Waals surface area contributed by atoms with Gasteiger partial charge >= 0.3 is 0 Å². The van der Waals surface area contributed by atoms with Crippen molar-refractivity contribution in [2.45, 2.75) is 0 Å². The lowest BCUT2D eigenvalue weighted by molar-refractivity contribution is 0.0991. The molecule has 0 radical (unpaired) electrons. The van der Waals surface area contributed by atoms with E-state index in [1.165, 1.54) is 0 Å². The lowest BCUT2D eigenvalue weighted by Crippen LogP contribution is -2.12. The number of hydrogen-bond donors (Lipinski definition) is 2. The van der Waals surface area contributed by atoms with Crippen molar-refractivity contribution in [2.24, 2.45) is 5.73 Å². The molecule has 0 fully saturated rings. The Hall–Kier alpha value is -2.63.